The highest BCUT2D eigenvalue weighted by Gasteiger charge is 2.36. The average Bonchev–Trinajstić information content (AvgIpc) is 2.29. The maximum absolute atomic E-state index is 13.9. The highest BCUT2D eigenvalue weighted by molar-refractivity contribution is 6.61. The molecule has 0 amide bonds. The standard InChI is InChI=1S/C11H13BFNO4/c1-11(2)6-17-12(18-7-11)8-4-3-5-9(10(8)13)14(15)16/h3-5H,6-7H2,1-2H3. The summed E-state index contributed by atoms with van der Waals surface area (Å²) in [6.45, 7) is 4.76. The normalized spacial score (nSPS) is 18.7. The van der Waals surface area contributed by atoms with E-state index in [1.54, 1.807) is 0 Å². The van der Waals surface area contributed by atoms with Crippen molar-refractivity contribution >= 4 is 18.3 Å². The van der Waals surface area contributed by atoms with Gasteiger partial charge in [-0.15, -0.1) is 0 Å². The molecule has 1 heterocycles. The van der Waals surface area contributed by atoms with Gasteiger partial charge in [0, 0.05) is 30.2 Å². The average molecular weight is 253 g/mol. The van der Waals surface area contributed by atoms with Crippen molar-refractivity contribution in [2.24, 2.45) is 5.41 Å². The molecule has 0 aromatic heterocycles. The molecule has 0 aliphatic carbocycles. The lowest BCUT2D eigenvalue weighted by Crippen LogP contribution is -2.48. The van der Waals surface area contributed by atoms with E-state index in [9.17, 15) is 14.5 Å². The topological polar surface area (TPSA) is 61.6 Å². The monoisotopic (exact) mass is 253 g/mol. The van der Waals surface area contributed by atoms with E-state index in [0.717, 1.165) is 6.07 Å². The molecule has 1 saturated heterocycles. The van der Waals surface area contributed by atoms with Gasteiger partial charge in [-0.05, 0) is 0 Å². The zero-order valence-corrected chi connectivity index (χ0v) is 10.2. The first-order valence-electron chi connectivity index (χ1n) is 5.57. The summed E-state index contributed by atoms with van der Waals surface area (Å²) in [5.41, 5.74) is -0.627. The van der Waals surface area contributed by atoms with Gasteiger partial charge in [-0.2, -0.15) is 4.39 Å². The van der Waals surface area contributed by atoms with Crippen LogP contribution in [0.15, 0.2) is 18.2 Å². The third-order valence-electron chi connectivity index (χ3n) is 2.71. The van der Waals surface area contributed by atoms with Crippen molar-refractivity contribution in [3.8, 4) is 0 Å². The molecule has 5 nitrogen and oxygen atoms in total. The lowest BCUT2D eigenvalue weighted by molar-refractivity contribution is -0.387. The van der Waals surface area contributed by atoms with E-state index in [-0.39, 0.29) is 10.9 Å². The number of benzene rings is 1. The van der Waals surface area contributed by atoms with Crippen LogP contribution in [-0.4, -0.2) is 25.3 Å². The van der Waals surface area contributed by atoms with Crippen molar-refractivity contribution in [2.75, 3.05) is 13.2 Å². The van der Waals surface area contributed by atoms with Crippen LogP contribution in [0, 0.1) is 21.3 Å². The lowest BCUT2D eigenvalue weighted by Gasteiger charge is -2.33. The van der Waals surface area contributed by atoms with Gasteiger partial charge in [-0.1, -0.05) is 26.0 Å². The Bertz CT molecular complexity index is 470. The van der Waals surface area contributed by atoms with Gasteiger partial charge in [0.15, 0.2) is 5.82 Å². The van der Waals surface area contributed by atoms with E-state index in [1.165, 1.54) is 12.1 Å². The number of nitrogens with zero attached hydrogens (tertiary/aromatic N) is 1. The van der Waals surface area contributed by atoms with E-state index in [0.29, 0.717) is 13.2 Å². The highest BCUT2D eigenvalue weighted by atomic mass is 19.1. The van der Waals surface area contributed by atoms with Crippen molar-refractivity contribution in [1.29, 1.82) is 0 Å². The van der Waals surface area contributed by atoms with Crippen LogP contribution < -0.4 is 5.46 Å². The van der Waals surface area contributed by atoms with Crippen LogP contribution in [0.25, 0.3) is 0 Å². The predicted octanol–water partition coefficient (Wildman–Crippen LogP) is 1.50. The van der Waals surface area contributed by atoms with Crippen LogP contribution in [0.1, 0.15) is 13.8 Å². The summed E-state index contributed by atoms with van der Waals surface area (Å²) in [5.74, 6) is -0.896. The molecule has 1 fully saturated rings. The Morgan fingerprint density at radius 1 is 1.39 bits per heavy atom. The summed E-state index contributed by atoms with van der Waals surface area (Å²) in [5, 5.41) is 10.6. The van der Waals surface area contributed by atoms with Gasteiger partial charge in [-0.3, -0.25) is 10.1 Å². The summed E-state index contributed by atoms with van der Waals surface area (Å²) in [7, 11) is -0.877. The zero-order valence-electron chi connectivity index (χ0n) is 10.2. The molecule has 0 spiro atoms. The van der Waals surface area contributed by atoms with Crippen molar-refractivity contribution in [3.63, 3.8) is 0 Å². The lowest BCUT2D eigenvalue weighted by atomic mass is 9.75. The molecule has 0 N–H and O–H groups in total. The summed E-state index contributed by atoms with van der Waals surface area (Å²) in [4.78, 5) is 9.89. The number of nitro benzene ring substituents is 1. The molecule has 2 rings (SSSR count). The Morgan fingerprint density at radius 2 is 2.00 bits per heavy atom. The minimum absolute atomic E-state index is 0.0692. The van der Waals surface area contributed by atoms with Crippen LogP contribution in [0.5, 0.6) is 0 Å². The molecular formula is C11H13BFNO4. The number of hydrogen-bond donors (Lipinski definition) is 0. The first kappa shape index (κ1) is 13.0. The summed E-state index contributed by atoms with van der Waals surface area (Å²) in [6, 6.07) is 3.97. The Morgan fingerprint density at radius 3 is 2.56 bits per heavy atom. The van der Waals surface area contributed by atoms with Gasteiger partial charge < -0.3 is 9.31 Å². The molecule has 7 heteroatoms. The molecule has 1 aliphatic rings. The SMILES string of the molecule is CC1(C)COB(c2cccc([N+](=O)[O-])c2F)OC1. The fourth-order valence-electron chi connectivity index (χ4n) is 1.73. The second kappa shape index (κ2) is 4.66. The predicted molar refractivity (Wildman–Crippen MR) is 64.1 cm³/mol. The molecule has 0 saturated carbocycles. The molecule has 18 heavy (non-hydrogen) atoms. The molecule has 0 radical (unpaired) electrons. The van der Waals surface area contributed by atoms with E-state index in [2.05, 4.69) is 0 Å². The van der Waals surface area contributed by atoms with Gasteiger partial charge in [0.05, 0.1) is 4.92 Å². The van der Waals surface area contributed by atoms with Crippen molar-refractivity contribution in [3.05, 3.63) is 34.1 Å². The summed E-state index contributed by atoms with van der Waals surface area (Å²) in [6.07, 6.45) is 0. The highest BCUT2D eigenvalue weighted by Crippen LogP contribution is 2.23. The van der Waals surface area contributed by atoms with Gasteiger partial charge in [0.2, 0.25) is 0 Å². The van der Waals surface area contributed by atoms with Crippen molar-refractivity contribution in [2.45, 2.75) is 13.8 Å². The van der Waals surface area contributed by atoms with Crippen LogP contribution in [0.2, 0.25) is 0 Å². The molecule has 96 valence electrons. The molecule has 1 aromatic rings. The first-order valence-corrected chi connectivity index (χ1v) is 5.57. The molecule has 0 unspecified atom stereocenters. The maximum atomic E-state index is 13.9. The zero-order chi connectivity index (χ0) is 13.3. The van der Waals surface area contributed by atoms with Crippen molar-refractivity contribution in [1.82, 2.24) is 0 Å². The van der Waals surface area contributed by atoms with Gasteiger partial charge in [0.1, 0.15) is 0 Å². The van der Waals surface area contributed by atoms with E-state index >= 15 is 0 Å². The molecule has 1 aliphatic heterocycles. The van der Waals surface area contributed by atoms with Gasteiger partial charge in [-0.25, -0.2) is 0 Å². The van der Waals surface area contributed by atoms with Crippen molar-refractivity contribution < 1.29 is 18.6 Å². The molecule has 1 aromatic carbocycles. The van der Waals surface area contributed by atoms with Crippen LogP contribution >= 0.6 is 0 Å². The Balaban J connectivity index is 2.25. The minimum Gasteiger partial charge on any atom is -0.407 e. The maximum Gasteiger partial charge on any atom is 0.497 e. The third kappa shape index (κ3) is 2.52. The minimum atomic E-state index is -0.896. The van der Waals surface area contributed by atoms with E-state index in [1.807, 2.05) is 13.8 Å². The van der Waals surface area contributed by atoms with Gasteiger partial charge in [0.25, 0.3) is 0 Å². The number of nitro groups is 1. The molecule has 0 atom stereocenters. The molecule has 0 bridgehead atoms. The quantitative estimate of drug-likeness (QED) is 0.455. The number of halogens is 1. The van der Waals surface area contributed by atoms with Gasteiger partial charge >= 0.3 is 12.8 Å². The van der Waals surface area contributed by atoms with Crippen LogP contribution in [-0.2, 0) is 9.31 Å². The number of rotatable bonds is 2. The van der Waals surface area contributed by atoms with E-state index < -0.39 is 23.5 Å². The Hall–Kier alpha value is -1.47. The second-order valence-electron chi connectivity index (χ2n) is 5.06. The van der Waals surface area contributed by atoms with Crippen LogP contribution in [0.4, 0.5) is 10.1 Å². The second-order valence-corrected chi connectivity index (χ2v) is 5.06. The Labute approximate surface area is 104 Å². The largest absolute Gasteiger partial charge is 0.497 e. The fraction of sp³-hybridized carbons (Fsp3) is 0.455. The fourth-order valence-corrected chi connectivity index (χ4v) is 1.73. The smallest absolute Gasteiger partial charge is 0.407 e. The van der Waals surface area contributed by atoms with E-state index in [4.69, 9.17) is 9.31 Å². The number of hydrogen-bond acceptors (Lipinski definition) is 4. The summed E-state index contributed by atoms with van der Waals surface area (Å²) < 4.78 is 24.7. The summed E-state index contributed by atoms with van der Waals surface area (Å²) >= 11 is 0. The first-order chi connectivity index (χ1) is 8.41. The Kier molecular flexibility index (Phi) is 3.36. The van der Waals surface area contributed by atoms with Crippen LogP contribution in [0.3, 0.4) is 0 Å². The third-order valence-corrected chi connectivity index (χ3v) is 2.71. The molecular weight excluding hydrogens is 240 g/mol.